The molecule has 0 radical (unpaired) electrons. The van der Waals surface area contributed by atoms with Crippen LogP contribution in [0, 0.1) is 11.8 Å². The molecule has 0 spiro atoms. The Morgan fingerprint density at radius 3 is 2.76 bits per heavy atom. The van der Waals surface area contributed by atoms with Crippen LogP contribution in [0.15, 0.2) is 36.9 Å². The summed E-state index contributed by atoms with van der Waals surface area (Å²) in [4.78, 5) is 0. The molecular weight excluding hydrogens is 258 g/mol. The Labute approximate surface area is 129 Å². The predicted molar refractivity (Wildman–Crippen MR) is 89.6 cm³/mol. The fourth-order valence-electron chi connectivity index (χ4n) is 3.09. The Hall–Kier alpha value is -1.28. The van der Waals surface area contributed by atoms with Crippen LogP contribution in [-0.4, -0.2) is 13.2 Å². The molecule has 2 nitrogen and oxygen atoms in total. The lowest BCUT2D eigenvalue weighted by atomic mass is 9.81. The van der Waals surface area contributed by atoms with Crippen molar-refractivity contribution in [2.75, 3.05) is 13.2 Å². The minimum Gasteiger partial charge on any atom is -0.489 e. The number of hydrogen-bond donors (Lipinski definition) is 1. The summed E-state index contributed by atoms with van der Waals surface area (Å²) < 4.78 is 5.69. The molecule has 0 aliphatic heterocycles. The van der Waals surface area contributed by atoms with Crippen LogP contribution >= 0.6 is 0 Å². The van der Waals surface area contributed by atoms with E-state index >= 15 is 0 Å². The van der Waals surface area contributed by atoms with Crippen LogP contribution in [0.5, 0.6) is 5.75 Å². The molecule has 2 rings (SSSR count). The zero-order valence-electron chi connectivity index (χ0n) is 13.3. The van der Waals surface area contributed by atoms with Crippen molar-refractivity contribution in [1.82, 2.24) is 5.32 Å². The van der Waals surface area contributed by atoms with Gasteiger partial charge in [-0.3, -0.25) is 0 Å². The monoisotopic (exact) mass is 287 g/mol. The van der Waals surface area contributed by atoms with Crippen LogP contribution in [0.3, 0.4) is 0 Å². The van der Waals surface area contributed by atoms with E-state index in [0.717, 1.165) is 30.7 Å². The third kappa shape index (κ3) is 5.55. The van der Waals surface area contributed by atoms with E-state index in [1.54, 1.807) is 6.08 Å². The van der Waals surface area contributed by atoms with E-state index in [1.807, 2.05) is 12.1 Å². The number of para-hydroxylation sites is 1. The Balaban J connectivity index is 1.69. The van der Waals surface area contributed by atoms with Crippen LogP contribution in [0.2, 0.25) is 0 Å². The van der Waals surface area contributed by atoms with Gasteiger partial charge in [0.05, 0.1) is 0 Å². The molecule has 0 aromatic heterocycles. The third-order valence-electron chi connectivity index (χ3n) is 4.51. The molecule has 1 fully saturated rings. The van der Waals surface area contributed by atoms with Crippen LogP contribution in [0.4, 0.5) is 0 Å². The second-order valence-corrected chi connectivity index (χ2v) is 6.30. The molecule has 1 aromatic rings. The van der Waals surface area contributed by atoms with Gasteiger partial charge >= 0.3 is 0 Å². The zero-order valence-corrected chi connectivity index (χ0v) is 13.3. The van der Waals surface area contributed by atoms with E-state index in [1.165, 1.54) is 37.7 Å². The first-order valence-corrected chi connectivity index (χ1v) is 8.32. The van der Waals surface area contributed by atoms with Crippen molar-refractivity contribution in [2.45, 2.75) is 45.6 Å². The van der Waals surface area contributed by atoms with Crippen LogP contribution in [-0.2, 0) is 6.54 Å². The molecule has 1 N–H and O–H groups in total. The van der Waals surface area contributed by atoms with Gasteiger partial charge in [-0.25, -0.2) is 0 Å². The predicted octanol–water partition coefficient (Wildman–Crippen LogP) is 4.56. The summed E-state index contributed by atoms with van der Waals surface area (Å²) in [7, 11) is 0. The summed E-state index contributed by atoms with van der Waals surface area (Å²) in [5.41, 5.74) is 1.23. The average Bonchev–Trinajstić information content (AvgIpc) is 2.52. The standard InChI is InChI=1S/C19H29NO/c1-3-14-21-19-7-5-4-6-18(19)15-20-13-12-17-10-8-16(2)9-11-17/h3-7,16-17,20H,1,8-15H2,2H3. The van der Waals surface area contributed by atoms with Gasteiger partial charge < -0.3 is 10.1 Å². The van der Waals surface area contributed by atoms with E-state index in [0.29, 0.717) is 6.61 Å². The van der Waals surface area contributed by atoms with Gasteiger partial charge in [0, 0.05) is 12.1 Å². The Bertz CT molecular complexity index is 421. The average molecular weight is 287 g/mol. The largest absolute Gasteiger partial charge is 0.489 e. The third-order valence-corrected chi connectivity index (χ3v) is 4.51. The van der Waals surface area contributed by atoms with Gasteiger partial charge in [-0.2, -0.15) is 0 Å². The van der Waals surface area contributed by atoms with Crippen molar-refractivity contribution >= 4 is 0 Å². The number of nitrogens with one attached hydrogen (secondary N) is 1. The van der Waals surface area contributed by atoms with E-state index < -0.39 is 0 Å². The number of ether oxygens (including phenoxy) is 1. The lowest BCUT2D eigenvalue weighted by Crippen LogP contribution is -2.20. The lowest BCUT2D eigenvalue weighted by molar-refractivity contribution is 0.275. The van der Waals surface area contributed by atoms with Gasteiger partial charge in [0.15, 0.2) is 0 Å². The Morgan fingerprint density at radius 2 is 2.00 bits per heavy atom. The van der Waals surface area contributed by atoms with Crippen LogP contribution < -0.4 is 10.1 Å². The van der Waals surface area contributed by atoms with Crippen molar-refractivity contribution in [3.8, 4) is 5.75 Å². The lowest BCUT2D eigenvalue weighted by Gasteiger charge is -2.26. The summed E-state index contributed by atoms with van der Waals surface area (Å²) in [5.74, 6) is 2.85. The molecule has 1 saturated carbocycles. The van der Waals surface area contributed by atoms with Crippen LogP contribution in [0.25, 0.3) is 0 Å². The molecule has 0 unspecified atom stereocenters. The molecule has 1 aliphatic carbocycles. The topological polar surface area (TPSA) is 21.3 Å². The van der Waals surface area contributed by atoms with E-state index in [4.69, 9.17) is 4.74 Å². The second kappa shape index (κ2) is 8.89. The summed E-state index contributed by atoms with van der Waals surface area (Å²) >= 11 is 0. The molecule has 1 aromatic carbocycles. The van der Waals surface area contributed by atoms with Crippen molar-refractivity contribution in [2.24, 2.45) is 11.8 Å². The molecule has 0 heterocycles. The number of rotatable bonds is 8. The van der Waals surface area contributed by atoms with Gasteiger partial charge in [0.2, 0.25) is 0 Å². The molecule has 0 amide bonds. The first kappa shape index (κ1) is 16.1. The van der Waals surface area contributed by atoms with Crippen molar-refractivity contribution in [1.29, 1.82) is 0 Å². The molecule has 1 aliphatic rings. The van der Waals surface area contributed by atoms with Crippen molar-refractivity contribution in [3.05, 3.63) is 42.5 Å². The van der Waals surface area contributed by atoms with E-state index in [-0.39, 0.29) is 0 Å². The number of hydrogen-bond acceptors (Lipinski definition) is 2. The highest BCUT2D eigenvalue weighted by molar-refractivity contribution is 5.33. The fourth-order valence-corrected chi connectivity index (χ4v) is 3.09. The highest BCUT2D eigenvalue weighted by atomic mass is 16.5. The second-order valence-electron chi connectivity index (χ2n) is 6.30. The number of benzene rings is 1. The minimum atomic E-state index is 0.567. The summed E-state index contributed by atoms with van der Waals surface area (Å²) in [6.07, 6.45) is 8.77. The van der Waals surface area contributed by atoms with Gasteiger partial charge in [0.1, 0.15) is 12.4 Å². The van der Waals surface area contributed by atoms with Gasteiger partial charge in [0.25, 0.3) is 0 Å². The molecule has 0 saturated heterocycles. The van der Waals surface area contributed by atoms with Crippen LogP contribution in [0.1, 0.15) is 44.6 Å². The van der Waals surface area contributed by atoms with Gasteiger partial charge in [-0.1, -0.05) is 63.5 Å². The SMILES string of the molecule is C=CCOc1ccccc1CNCCC1CCC(C)CC1. The molecular formula is C19H29NO. The van der Waals surface area contributed by atoms with E-state index in [9.17, 15) is 0 Å². The molecule has 0 atom stereocenters. The van der Waals surface area contributed by atoms with Crippen molar-refractivity contribution in [3.63, 3.8) is 0 Å². The summed E-state index contributed by atoms with van der Waals surface area (Å²) in [6.45, 7) is 8.64. The summed E-state index contributed by atoms with van der Waals surface area (Å²) in [6, 6.07) is 8.25. The Morgan fingerprint density at radius 1 is 1.24 bits per heavy atom. The molecule has 116 valence electrons. The molecule has 2 heteroatoms. The fraction of sp³-hybridized carbons (Fsp3) is 0.579. The minimum absolute atomic E-state index is 0.567. The summed E-state index contributed by atoms with van der Waals surface area (Å²) in [5, 5.41) is 3.57. The van der Waals surface area contributed by atoms with Gasteiger partial charge in [-0.05, 0) is 30.9 Å². The zero-order chi connectivity index (χ0) is 14.9. The van der Waals surface area contributed by atoms with Crippen molar-refractivity contribution < 1.29 is 4.74 Å². The first-order valence-electron chi connectivity index (χ1n) is 8.32. The normalized spacial score (nSPS) is 22.0. The maximum atomic E-state index is 5.69. The quantitative estimate of drug-likeness (QED) is 0.559. The first-order chi connectivity index (χ1) is 10.3. The molecule has 0 bridgehead atoms. The maximum Gasteiger partial charge on any atom is 0.124 e. The highest BCUT2D eigenvalue weighted by Gasteiger charge is 2.17. The van der Waals surface area contributed by atoms with E-state index in [2.05, 4.69) is 31.0 Å². The smallest absolute Gasteiger partial charge is 0.124 e. The van der Waals surface area contributed by atoms with Gasteiger partial charge in [-0.15, -0.1) is 0 Å². The molecule has 21 heavy (non-hydrogen) atoms. The highest BCUT2D eigenvalue weighted by Crippen LogP contribution is 2.30. The maximum absolute atomic E-state index is 5.69. The Kier molecular flexibility index (Phi) is 6.81.